The van der Waals surface area contributed by atoms with Crippen molar-refractivity contribution in [1.29, 1.82) is 0 Å². The molecule has 0 spiro atoms. The lowest BCUT2D eigenvalue weighted by molar-refractivity contribution is 0.0688. The second-order valence-electron chi connectivity index (χ2n) is 2.48. The Balaban J connectivity index is 3.20. The van der Waals surface area contributed by atoms with Crippen molar-refractivity contribution in [1.82, 2.24) is 4.98 Å². The first-order valence-electron chi connectivity index (χ1n) is 3.63. The molecule has 0 aliphatic carbocycles. The summed E-state index contributed by atoms with van der Waals surface area (Å²) in [5, 5.41) is 8.76. The Morgan fingerprint density at radius 1 is 1.57 bits per heavy atom. The molecule has 1 aromatic rings. The van der Waals surface area contributed by atoms with Crippen molar-refractivity contribution < 1.29 is 18.7 Å². The standard InChI is InChI=1S/C8H6BrF2NO2/c9-3-4-1-2-5(8(13)14)12-6(4)7(10)11/h1-2,7H,3H2,(H,13,14). The van der Waals surface area contributed by atoms with Crippen LogP contribution in [0.4, 0.5) is 8.78 Å². The third-order valence-electron chi connectivity index (χ3n) is 1.58. The number of aromatic nitrogens is 1. The normalized spacial score (nSPS) is 10.6. The number of nitrogens with zero attached hydrogens (tertiary/aromatic N) is 1. The molecule has 0 aromatic carbocycles. The fourth-order valence-electron chi connectivity index (χ4n) is 0.925. The molecule has 0 fully saturated rings. The summed E-state index contributed by atoms with van der Waals surface area (Å²) in [6.45, 7) is 0. The van der Waals surface area contributed by atoms with E-state index >= 15 is 0 Å². The summed E-state index contributed by atoms with van der Waals surface area (Å²) in [7, 11) is 0. The molecule has 3 nitrogen and oxygen atoms in total. The molecule has 6 heteroatoms. The van der Waals surface area contributed by atoms with E-state index in [2.05, 4.69) is 20.9 Å². The van der Waals surface area contributed by atoms with Crippen LogP contribution in [-0.2, 0) is 5.33 Å². The molecule has 0 aliphatic rings. The maximum Gasteiger partial charge on any atom is 0.354 e. The number of carboxylic acid groups (broad SMARTS) is 1. The summed E-state index contributed by atoms with van der Waals surface area (Å²) in [6, 6.07) is 2.53. The van der Waals surface area contributed by atoms with Gasteiger partial charge in [-0.2, -0.15) is 0 Å². The third kappa shape index (κ3) is 2.25. The van der Waals surface area contributed by atoms with Gasteiger partial charge in [-0.3, -0.25) is 0 Å². The predicted molar refractivity (Wildman–Crippen MR) is 48.8 cm³/mol. The fourth-order valence-corrected chi connectivity index (χ4v) is 1.40. The second-order valence-corrected chi connectivity index (χ2v) is 3.04. The Morgan fingerprint density at radius 3 is 2.64 bits per heavy atom. The monoisotopic (exact) mass is 265 g/mol. The van der Waals surface area contributed by atoms with E-state index in [1.54, 1.807) is 0 Å². The summed E-state index contributed by atoms with van der Waals surface area (Å²) in [4.78, 5) is 13.8. The maximum absolute atomic E-state index is 12.4. The first-order valence-corrected chi connectivity index (χ1v) is 4.75. The van der Waals surface area contributed by atoms with E-state index in [-0.39, 0.29) is 11.0 Å². The van der Waals surface area contributed by atoms with Crippen LogP contribution in [0.25, 0.3) is 0 Å². The van der Waals surface area contributed by atoms with Crippen LogP contribution >= 0.6 is 15.9 Å². The zero-order valence-electron chi connectivity index (χ0n) is 6.88. The zero-order valence-corrected chi connectivity index (χ0v) is 8.46. The van der Waals surface area contributed by atoms with E-state index in [0.717, 1.165) is 0 Å². The quantitative estimate of drug-likeness (QED) is 0.855. The van der Waals surface area contributed by atoms with E-state index in [1.807, 2.05) is 0 Å². The van der Waals surface area contributed by atoms with Crippen molar-refractivity contribution in [3.05, 3.63) is 29.1 Å². The van der Waals surface area contributed by atoms with Crippen LogP contribution < -0.4 is 0 Å². The Bertz CT molecular complexity index is 357. The van der Waals surface area contributed by atoms with Crippen molar-refractivity contribution in [2.24, 2.45) is 0 Å². The highest BCUT2D eigenvalue weighted by molar-refractivity contribution is 9.08. The van der Waals surface area contributed by atoms with Gasteiger partial charge in [0, 0.05) is 5.33 Å². The number of rotatable bonds is 3. The first kappa shape index (κ1) is 11.0. The van der Waals surface area contributed by atoms with Gasteiger partial charge in [0.1, 0.15) is 11.4 Å². The Morgan fingerprint density at radius 2 is 2.21 bits per heavy atom. The molecular formula is C8H6BrF2NO2. The number of halogens is 3. The van der Waals surface area contributed by atoms with Crippen molar-refractivity contribution >= 4 is 21.9 Å². The van der Waals surface area contributed by atoms with Gasteiger partial charge in [-0.25, -0.2) is 18.6 Å². The van der Waals surface area contributed by atoms with Gasteiger partial charge >= 0.3 is 5.97 Å². The first-order chi connectivity index (χ1) is 6.56. The molecule has 76 valence electrons. The van der Waals surface area contributed by atoms with E-state index in [9.17, 15) is 13.6 Å². The van der Waals surface area contributed by atoms with Gasteiger partial charge in [-0.15, -0.1) is 0 Å². The van der Waals surface area contributed by atoms with Crippen molar-refractivity contribution in [2.45, 2.75) is 11.8 Å². The van der Waals surface area contributed by atoms with E-state index in [4.69, 9.17) is 5.11 Å². The number of hydrogen-bond acceptors (Lipinski definition) is 2. The van der Waals surface area contributed by atoms with Crippen molar-refractivity contribution in [2.75, 3.05) is 0 Å². The summed E-state index contributed by atoms with van der Waals surface area (Å²) in [6.07, 6.45) is -2.76. The highest BCUT2D eigenvalue weighted by Crippen LogP contribution is 2.22. The maximum atomic E-state index is 12.4. The van der Waals surface area contributed by atoms with Gasteiger partial charge in [0.15, 0.2) is 0 Å². The average molecular weight is 266 g/mol. The minimum absolute atomic E-state index is 0.222. The lowest BCUT2D eigenvalue weighted by Gasteiger charge is -2.05. The van der Waals surface area contributed by atoms with Crippen LogP contribution in [0.5, 0.6) is 0 Å². The van der Waals surface area contributed by atoms with Gasteiger partial charge in [-0.05, 0) is 11.6 Å². The number of aromatic carboxylic acids is 1. The van der Waals surface area contributed by atoms with E-state index in [1.165, 1.54) is 12.1 Å². The third-order valence-corrected chi connectivity index (χ3v) is 2.19. The minimum atomic E-state index is -2.76. The summed E-state index contributed by atoms with van der Waals surface area (Å²) in [5.41, 5.74) is -0.559. The van der Waals surface area contributed by atoms with Gasteiger partial charge in [-0.1, -0.05) is 22.0 Å². The van der Waals surface area contributed by atoms with Crippen LogP contribution in [0.15, 0.2) is 12.1 Å². The molecule has 1 aromatic heterocycles. The van der Waals surface area contributed by atoms with Crippen LogP contribution in [0.2, 0.25) is 0 Å². The summed E-state index contributed by atoms with van der Waals surface area (Å²) >= 11 is 3.02. The smallest absolute Gasteiger partial charge is 0.354 e. The van der Waals surface area contributed by atoms with Gasteiger partial charge in [0.2, 0.25) is 0 Å². The Kier molecular flexibility index (Phi) is 3.51. The molecule has 1 N–H and O–H groups in total. The van der Waals surface area contributed by atoms with Crippen molar-refractivity contribution in [3.63, 3.8) is 0 Å². The highest BCUT2D eigenvalue weighted by Gasteiger charge is 2.16. The number of carbonyl (C=O) groups is 1. The molecule has 0 unspecified atom stereocenters. The Hall–Kier alpha value is -1.04. The van der Waals surface area contributed by atoms with E-state index < -0.39 is 18.1 Å². The molecule has 1 rings (SSSR count). The summed E-state index contributed by atoms with van der Waals surface area (Å²) < 4.78 is 24.8. The molecule has 14 heavy (non-hydrogen) atoms. The topological polar surface area (TPSA) is 50.2 Å². The van der Waals surface area contributed by atoms with Gasteiger partial charge in [0.05, 0.1) is 0 Å². The minimum Gasteiger partial charge on any atom is -0.477 e. The average Bonchev–Trinajstić information content (AvgIpc) is 2.16. The molecule has 0 saturated heterocycles. The number of hydrogen-bond donors (Lipinski definition) is 1. The molecule has 0 atom stereocenters. The van der Waals surface area contributed by atoms with Gasteiger partial charge in [0.25, 0.3) is 6.43 Å². The Labute approximate surface area is 86.9 Å². The number of pyridine rings is 1. The zero-order chi connectivity index (χ0) is 10.7. The number of carboxylic acids is 1. The lowest BCUT2D eigenvalue weighted by atomic mass is 10.2. The van der Waals surface area contributed by atoms with Crippen LogP contribution in [0, 0.1) is 0 Å². The molecule has 0 amide bonds. The van der Waals surface area contributed by atoms with Crippen molar-refractivity contribution in [3.8, 4) is 0 Å². The van der Waals surface area contributed by atoms with Gasteiger partial charge < -0.3 is 5.11 Å². The molecule has 0 saturated carbocycles. The molecule has 0 bridgehead atoms. The van der Waals surface area contributed by atoms with Crippen LogP contribution in [0.1, 0.15) is 28.2 Å². The van der Waals surface area contributed by atoms with Crippen LogP contribution in [0.3, 0.4) is 0 Å². The second kappa shape index (κ2) is 4.45. The summed E-state index contributed by atoms with van der Waals surface area (Å²) in [5.74, 6) is -1.31. The van der Waals surface area contributed by atoms with Crippen LogP contribution in [-0.4, -0.2) is 16.1 Å². The molecule has 1 heterocycles. The molecule has 0 aliphatic heterocycles. The highest BCUT2D eigenvalue weighted by atomic mass is 79.9. The lowest BCUT2D eigenvalue weighted by Crippen LogP contribution is -2.05. The van der Waals surface area contributed by atoms with E-state index in [0.29, 0.717) is 5.56 Å². The predicted octanol–water partition coefficient (Wildman–Crippen LogP) is 2.61. The fraction of sp³-hybridized carbons (Fsp3) is 0.250. The number of alkyl halides is 3. The molecular weight excluding hydrogens is 260 g/mol. The SMILES string of the molecule is O=C(O)c1ccc(CBr)c(C(F)F)n1. The largest absolute Gasteiger partial charge is 0.477 e. The molecule has 0 radical (unpaired) electrons.